The molecule has 1 aromatic rings. The second kappa shape index (κ2) is 4.45. The Morgan fingerprint density at radius 3 is 2.94 bits per heavy atom. The Labute approximate surface area is 99.6 Å². The first-order valence-electron chi connectivity index (χ1n) is 5.41. The Morgan fingerprint density at radius 1 is 1.62 bits per heavy atom. The predicted octanol–water partition coefficient (Wildman–Crippen LogP) is 2.64. The zero-order valence-electron chi connectivity index (χ0n) is 9.03. The van der Waals surface area contributed by atoms with Crippen molar-refractivity contribution in [1.29, 1.82) is 0 Å². The molecule has 1 amide bonds. The first-order chi connectivity index (χ1) is 7.61. The van der Waals surface area contributed by atoms with Crippen molar-refractivity contribution in [1.82, 2.24) is 5.32 Å². The predicted molar refractivity (Wildman–Crippen MR) is 63.3 cm³/mol. The van der Waals surface area contributed by atoms with Gasteiger partial charge in [-0.2, -0.15) is 0 Å². The molecule has 0 aliphatic heterocycles. The van der Waals surface area contributed by atoms with Crippen molar-refractivity contribution >= 4 is 18.5 Å². The van der Waals surface area contributed by atoms with E-state index in [4.69, 9.17) is 0 Å². The molecular weight excluding hydrogens is 225 g/mol. The van der Waals surface area contributed by atoms with Crippen LogP contribution in [0.5, 0.6) is 0 Å². The number of hydrogen-bond donors (Lipinski definition) is 2. The second-order valence-electron chi connectivity index (χ2n) is 4.15. The van der Waals surface area contributed by atoms with E-state index in [0.717, 1.165) is 12.8 Å². The molecule has 0 spiro atoms. The maximum absolute atomic E-state index is 12.9. The Hall–Kier alpha value is -1.03. The van der Waals surface area contributed by atoms with Crippen molar-refractivity contribution in [2.45, 2.75) is 30.7 Å². The van der Waals surface area contributed by atoms with Gasteiger partial charge in [-0.3, -0.25) is 4.79 Å². The first kappa shape index (κ1) is 11.5. The summed E-state index contributed by atoms with van der Waals surface area (Å²) in [5.41, 5.74) is 0.466. The molecule has 0 bridgehead atoms. The topological polar surface area (TPSA) is 29.1 Å². The average Bonchev–Trinajstić information content (AvgIpc) is 3.00. The molecule has 4 heteroatoms. The second-order valence-corrected chi connectivity index (χ2v) is 4.63. The fourth-order valence-electron chi connectivity index (χ4n) is 1.78. The smallest absolute Gasteiger partial charge is 0.251 e. The van der Waals surface area contributed by atoms with Gasteiger partial charge >= 0.3 is 0 Å². The third kappa shape index (κ3) is 2.38. The maximum atomic E-state index is 12.9. The summed E-state index contributed by atoms with van der Waals surface area (Å²) in [7, 11) is 0. The fraction of sp³-hybridized carbons (Fsp3) is 0.417. The molecule has 0 saturated heterocycles. The molecule has 0 aromatic heterocycles. The van der Waals surface area contributed by atoms with Crippen LogP contribution in [0.15, 0.2) is 23.1 Å². The molecule has 2 rings (SSSR count). The van der Waals surface area contributed by atoms with E-state index in [1.54, 1.807) is 0 Å². The van der Waals surface area contributed by atoms with E-state index < -0.39 is 5.82 Å². The molecule has 2 nitrogen and oxygen atoms in total. The number of benzene rings is 1. The number of hydrogen-bond acceptors (Lipinski definition) is 2. The van der Waals surface area contributed by atoms with Gasteiger partial charge in [0.15, 0.2) is 0 Å². The molecular formula is C12H14FNOS. The minimum absolute atomic E-state index is 0.142. The van der Waals surface area contributed by atoms with Crippen LogP contribution in [0.4, 0.5) is 4.39 Å². The number of amides is 1. The highest BCUT2D eigenvalue weighted by Crippen LogP contribution is 2.33. The number of carbonyl (C=O) groups excluding carboxylic acids is 1. The SMILES string of the molecule is CCC1CC1NC(=O)c1ccc(F)c(S)c1. The largest absolute Gasteiger partial charge is 0.349 e. The van der Waals surface area contributed by atoms with E-state index in [9.17, 15) is 9.18 Å². The van der Waals surface area contributed by atoms with Crippen molar-refractivity contribution in [2.75, 3.05) is 0 Å². The van der Waals surface area contributed by atoms with Gasteiger partial charge in [0.05, 0.1) is 0 Å². The van der Waals surface area contributed by atoms with E-state index in [-0.39, 0.29) is 10.8 Å². The monoisotopic (exact) mass is 239 g/mol. The Balaban J connectivity index is 2.01. The number of thiol groups is 1. The highest BCUT2D eigenvalue weighted by Gasteiger charge is 2.36. The number of carbonyl (C=O) groups is 1. The number of halogens is 1. The molecule has 1 aliphatic carbocycles. The highest BCUT2D eigenvalue weighted by atomic mass is 32.1. The number of nitrogens with one attached hydrogen (secondary N) is 1. The fourth-order valence-corrected chi connectivity index (χ4v) is 1.99. The van der Waals surface area contributed by atoms with E-state index in [1.807, 2.05) is 0 Å². The summed E-state index contributed by atoms with van der Waals surface area (Å²) < 4.78 is 12.9. The quantitative estimate of drug-likeness (QED) is 0.780. The summed E-state index contributed by atoms with van der Waals surface area (Å²) in [5, 5.41) is 2.92. The van der Waals surface area contributed by atoms with Crippen LogP contribution in [0, 0.1) is 11.7 Å². The van der Waals surface area contributed by atoms with Crippen LogP contribution in [0.3, 0.4) is 0 Å². The summed E-state index contributed by atoms with van der Waals surface area (Å²) in [6, 6.07) is 4.50. The third-order valence-electron chi connectivity index (χ3n) is 2.97. The minimum Gasteiger partial charge on any atom is -0.349 e. The van der Waals surface area contributed by atoms with Crippen LogP contribution >= 0.6 is 12.6 Å². The van der Waals surface area contributed by atoms with E-state index in [0.29, 0.717) is 17.5 Å². The lowest BCUT2D eigenvalue weighted by Gasteiger charge is -2.05. The summed E-state index contributed by atoms with van der Waals surface area (Å²) in [5.74, 6) is 0.0638. The van der Waals surface area contributed by atoms with Gasteiger partial charge in [0.25, 0.3) is 5.91 Å². The Kier molecular flexibility index (Phi) is 3.19. The van der Waals surface area contributed by atoms with Crippen molar-refractivity contribution in [3.05, 3.63) is 29.6 Å². The van der Waals surface area contributed by atoms with Crippen molar-refractivity contribution < 1.29 is 9.18 Å². The minimum atomic E-state index is -0.405. The molecule has 1 aromatic carbocycles. The first-order valence-corrected chi connectivity index (χ1v) is 5.86. The Morgan fingerprint density at radius 2 is 2.38 bits per heavy atom. The van der Waals surface area contributed by atoms with Gasteiger partial charge in [-0.25, -0.2) is 4.39 Å². The van der Waals surface area contributed by atoms with Crippen LogP contribution in [-0.4, -0.2) is 11.9 Å². The summed E-state index contributed by atoms with van der Waals surface area (Å²) in [4.78, 5) is 12.0. The molecule has 0 heterocycles. The number of rotatable bonds is 3. The van der Waals surface area contributed by atoms with Gasteiger partial charge in [-0.1, -0.05) is 13.3 Å². The molecule has 2 unspecified atom stereocenters. The van der Waals surface area contributed by atoms with E-state index in [1.165, 1.54) is 18.2 Å². The zero-order chi connectivity index (χ0) is 11.7. The van der Waals surface area contributed by atoms with E-state index in [2.05, 4.69) is 24.9 Å². The van der Waals surface area contributed by atoms with Crippen LogP contribution < -0.4 is 5.32 Å². The lowest BCUT2D eigenvalue weighted by molar-refractivity contribution is 0.0948. The maximum Gasteiger partial charge on any atom is 0.251 e. The van der Waals surface area contributed by atoms with Crippen LogP contribution in [-0.2, 0) is 0 Å². The van der Waals surface area contributed by atoms with Crippen molar-refractivity contribution in [3.8, 4) is 0 Å². The van der Waals surface area contributed by atoms with Gasteiger partial charge in [0.1, 0.15) is 5.82 Å². The van der Waals surface area contributed by atoms with Gasteiger partial charge < -0.3 is 5.32 Å². The molecule has 1 fully saturated rings. The molecule has 2 atom stereocenters. The molecule has 0 radical (unpaired) electrons. The van der Waals surface area contributed by atoms with Crippen LogP contribution in [0.25, 0.3) is 0 Å². The normalized spacial score (nSPS) is 22.9. The summed E-state index contributed by atoms with van der Waals surface area (Å²) >= 11 is 3.95. The van der Waals surface area contributed by atoms with Crippen LogP contribution in [0.2, 0.25) is 0 Å². The lowest BCUT2D eigenvalue weighted by atomic mass is 10.2. The van der Waals surface area contributed by atoms with Gasteiger partial charge in [0.2, 0.25) is 0 Å². The van der Waals surface area contributed by atoms with Gasteiger partial charge in [-0.05, 0) is 30.5 Å². The van der Waals surface area contributed by atoms with Gasteiger partial charge in [0, 0.05) is 16.5 Å². The molecule has 1 N–H and O–H groups in total. The summed E-state index contributed by atoms with van der Waals surface area (Å²) in [6.45, 7) is 2.11. The molecule has 1 aliphatic rings. The highest BCUT2D eigenvalue weighted by molar-refractivity contribution is 7.80. The van der Waals surface area contributed by atoms with Crippen molar-refractivity contribution in [3.63, 3.8) is 0 Å². The molecule has 86 valence electrons. The average molecular weight is 239 g/mol. The summed E-state index contributed by atoms with van der Waals surface area (Å²) in [6.07, 6.45) is 2.14. The van der Waals surface area contributed by atoms with Crippen molar-refractivity contribution in [2.24, 2.45) is 5.92 Å². The molecule has 1 saturated carbocycles. The zero-order valence-corrected chi connectivity index (χ0v) is 9.93. The lowest BCUT2D eigenvalue weighted by Crippen LogP contribution is -2.26. The van der Waals surface area contributed by atoms with Gasteiger partial charge in [-0.15, -0.1) is 12.6 Å². The standard InChI is InChI=1S/C12H14FNOS/c1-2-7-5-10(7)14-12(15)8-3-4-9(13)11(16)6-8/h3-4,6-7,10,16H,2,5H2,1H3,(H,14,15). The van der Waals surface area contributed by atoms with E-state index >= 15 is 0 Å². The molecule has 16 heavy (non-hydrogen) atoms. The Bertz CT molecular complexity index is 421. The van der Waals surface area contributed by atoms with Crippen LogP contribution in [0.1, 0.15) is 30.1 Å². The third-order valence-corrected chi connectivity index (χ3v) is 3.31.